The molecule has 1 aliphatic heterocycles. The molecule has 7 heteroatoms. The molecule has 21 heavy (non-hydrogen) atoms. The molecular weight excluding hydrogens is 290 g/mol. The minimum atomic E-state index is -3.48. The first-order valence-electron chi connectivity index (χ1n) is 6.92. The number of nitrogens with two attached hydrogens (primary N) is 1. The second-order valence-electron chi connectivity index (χ2n) is 6.71. The van der Waals surface area contributed by atoms with E-state index in [1.54, 1.807) is 20.8 Å². The van der Waals surface area contributed by atoms with E-state index in [0.29, 0.717) is 6.42 Å². The van der Waals surface area contributed by atoms with Crippen LogP contribution in [0, 0.1) is 17.2 Å². The monoisotopic (exact) mass is 311 g/mol. The van der Waals surface area contributed by atoms with E-state index in [0.717, 1.165) is 11.3 Å². The summed E-state index contributed by atoms with van der Waals surface area (Å²) in [4.78, 5) is 13.9. The summed E-state index contributed by atoms with van der Waals surface area (Å²) in [5, 5.41) is 9.13. The quantitative estimate of drug-likeness (QED) is 0.820. The van der Waals surface area contributed by atoms with Crippen molar-refractivity contribution in [3.8, 4) is 6.07 Å². The lowest BCUT2D eigenvalue weighted by molar-refractivity contribution is -0.130. The highest BCUT2D eigenvalue weighted by atomic mass is 32.2. The highest BCUT2D eigenvalue weighted by molar-refractivity contribution is 7.92. The van der Waals surface area contributed by atoms with Gasteiger partial charge in [-0.25, -0.2) is 8.42 Å². The van der Waals surface area contributed by atoms with Crippen LogP contribution in [-0.2, 0) is 14.6 Å². The predicted octanol–water partition coefficient (Wildman–Crippen LogP) is 0.555. The molecule has 1 fully saturated rings. The van der Waals surface area contributed by atoms with E-state index >= 15 is 0 Å². The fourth-order valence-electron chi connectivity index (χ4n) is 2.64. The van der Waals surface area contributed by atoms with Crippen molar-refractivity contribution in [1.82, 2.24) is 4.90 Å². The van der Waals surface area contributed by atoms with Gasteiger partial charge in [0.15, 0.2) is 9.84 Å². The lowest BCUT2D eigenvalue weighted by atomic mass is 10.1. The summed E-state index contributed by atoms with van der Waals surface area (Å²) in [6, 6.07) is 0.432. The molecule has 1 saturated heterocycles. The first-order chi connectivity index (χ1) is 9.51. The van der Waals surface area contributed by atoms with E-state index in [1.807, 2.05) is 6.92 Å². The molecule has 0 spiro atoms. The molecule has 0 aromatic rings. The maximum absolute atomic E-state index is 12.5. The number of nitrogens with zero attached hydrogens (tertiary/aromatic N) is 2. The van der Waals surface area contributed by atoms with Gasteiger partial charge in [-0.1, -0.05) is 0 Å². The van der Waals surface area contributed by atoms with Crippen LogP contribution >= 0.6 is 0 Å². The van der Waals surface area contributed by atoms with Crippen molar-refractivity contribution in [3.63, 3.8) is 0 Å². The Morgan fingerprint density at radius 1 is 1.52 bits per heavy atom. The second-order valence-corrected chi connectivity index (χ2v) is 9.50. The summed E-state index contributed by atoms with van der Waals surface area (Å²) in [7, 11) is -3.48. The minimum absolute atomic E-state index is 0.199. The zero-order valence-corrected chi connectivity index (χ0v) is 13.6. The largest absolute Gasteiger partial charge is 0.319 e. The Morgan fingerprint density at radius 3 is 2.57 bits per heavy atom. The van der Waals surface area contributed by atoms with Gasteiger partial charge in [0, 0.05) is 11.6 Å². The van der Waals surface area contributed by atoms with Crippen LogP contribution in [0.2, 0.25) is 0 Å². The molecule has 1 aliphatic carbocycles. The van der Waals surface area contributed by atoms with E-state index in [9.17, 15) is 13.2 Å². The van der Waals surface area contributed by atoms with Gasteiger partial charge in [-0.15, -0.1) is 0 Å². The van der Waals surface area contributed by atoms with Gasteiger partial charge in [0.1, 0.15) is 6.04 Å². The number of amides is 1. The number of rotatable bonds is 3. The van der Waals surface area contributed by atoms with Gasteiger partial charge in [-0.05, 0) is 39.7 Å². The molecule has 0 bridgehead atoms. The number of allylic oxidation sites excluding steroid dienone is 2. The van der Waals surface area contributed by atoms with Crippen molar-refractivity contribution in [1.29, 1.82) is 5.26 Å². The average molecular weight is 311 g/mol. The zero-order chi connectivity index (χ0) is 16.2. The van der Waals surface area contributed by atoms with E-state index in [-0.39, 0.29) is 5.92 Å². The fourth-order valence-corrected chi connectivity index (χ4v) is 3.75. The molecule has 0 aromatic carbocycles. The summed E-state index contributed by atoms with van der Waals surface area (Å²) < 4.78 is 23.4. The Bertz CT molecular complexity index is 652. The summed E-state index contributed by atoms with van der Waals surface area (Å²) in [6.45, 7) is 6.66. The van der Waals surface area contributed by atoms with Gasteiger partial charge in [0.05, 0.1) is 22.6 Å². The number of hydrogen-bond donors (Lipinski definition) is 1. The molecule has 1 amide bonds. The topological polar surface area (TPSA) is 104 Å². The molecule has 2 aliphatic rings. The molecule has 6 nitrogen and oxygen atoms in total. The Morgan fingerprint density at radius 2 is 2.10 bits per heavy atom. The third-order valence-electron chi connectivity index (χ3n) is 4.24. The normalized spacial score (nSPS) is 26.4. The van der Waals surface area contributed by atoms with Crippen LogP contribution in [0.3, 0.4) is 0 Å². The van der Waals surface area contributed by atoms with E-state index in [4.69, 9.17) is 11.0 Å². The second kappa shape index (κ2) is 4.82. The molecule has 0 radical (unpaired) electrons. The molecule has 0 saturated carbocycles. The third kappa shape index (κ3) is 2.58. The van der Waals surface area contributed by atoms with Gasteiger partial charge in [0.2, 0.25) is 5.91 Å². The third-order valence-corrected chi connectivity index (χ3v) is 6.90. The molecule has 2 N–H and O–H groups in total. The van der Waals surface area contributed by atoms with E-state index < -0.39 is 38.3 Å². The lowest BCUT2D eigenvalue weighted by Gasteiger charge is -2.26. The van der Waals surface area contributed by atoms with Crippen LogP contribution in [-0.4, -0.2) is 41.8 Å². The molecular formula is C14H21N3O3S. The van der Waals surface area contributed by atoms with Crippen molar-refractivity contribution in [3.05, 3.63) is 11.3 Å². The summed E-state index contributed by atoms with van der Waals surface area (Å²) in [5.74, 6) is -0.671. The Balaban J connectivity index is 2.16. The van der Waals surface area contributed by atoms with E-state index in [1.165, 1.54) is 4.90 Å². The lowest BCUT2D eigenvalue weighted by Crippen LogP contribution is -2.49. The zero-order valence-electron chi connectivity index (χ0n) is 12.8. The van der Waals surface area contributed by atoms with Gasteiger partial charge in [0.25, 0.3) is 0 Å². The summed E-state index contributed by atoms with van der Waals surface area (Å²) in [5.41, 5.74) is 7.78. The first-order valence-corrected chi connectivity index (χ1v) is 8.57. The number of fused-ring (bicyclic) bond motifs is 1. The van der Waals surface area contributed by atoms with Crippen LogP contribution in [0.5, 0.6) is 0 Å². The molecule has 1 heterocycles. The Kier molecular flexibility index (Phi) is 3.67. The number of sulfone groups is 1. The van der Waals surface area contributed by atoms with Crippen LogP contribution in [0.1, 0.15) is 34.1 Å². The average Bonchev–Trinajstić information content (AvgIpc) is 2.83. The first kappa shape index (κ1) is 16.0. The van der Waals surface area contributed by atoms with Crippen molar-refractivity contribution >= 4 is 15.7 Å². The van der Waals surface area contributed by atoms with Crippen LogP contribution in [0.25, 0.3) is 0 Å². The number of carbonyl (C=O) groups excluding carboxylic acids is 1. The Labute approximate surface area is 125 Å². The highest BCUT2D eigenvalue weighted by Crippen LogP contribution is 2.51. The SMILES string of the molecule is CC1=C2[C@@H]1C[C@@H](C#N)N2C(=O)[C@@H](N)CS(=O)(=O)C(C)(C)C. The fraction of sp³-hybridized carbons (Fsp3) is 0.714. The van der Waals surface area contributed by atoms with Crippen LogP contribution in [0.15, 0.2) is 11.3 Å². The predicted molar refractivity (Wildman–Crippen MR) is 78.6 cm³/mol. The molecule has 116 valence electrons. The maximum Gasteiger partial charge on any atom is 0.245 e. The van der Waals surface area contributed by atoms with Crippen molar-refractivity contribution in [2.75, 3.05) is 5.75 Å². The number of carbonyl (C=O) groups is 1. The molecule has 0 unspecified atom stereocenters. The summed E-state index contributed by atoms with van der Waals surface area (Å²) in [6.07, 6.45) is 0.599. The highest BCUT2D eigenvalue weighted by Gasteiger charge is 2.51. The Hall–Kier alpha value is -1.39. The van der Waals surface area contributed by atoms with Crippen LogP contribution in [0.4, 0.5) is 0 Å². The van der Waals surface area contributed by atoms with Gasteiger partial charge >= 0.3 is 0 Å². The van der Waals surface area contributed by atoms with Gasteiger partial charge < -0.3 is 5.73 Å². The number of likely N-dealkylation sites (tertiary alicyclic amines) is 1. The minimum Gasteiger partial charge on any atom is -0.319 e. The van der Waals surface area contributed by atoms with Gasteiger partial charge in [-0.2, -0.15) is 5.26 Å². The van der Waals surface area contributed by atoms with Crippen molar-refractivity contribution in [2.24, 2.45) is 11.7 Å². The van der Waals surface area contributed by atoms with Crippen molar-refractivity contribution in [2.45, 2.75) is 50.9 Å². The molecule has 2 rings (SSSR count). The van der Waals surface area contributed by atoms with E-state index in [2.05, 4.69) is 6.07 Å². The number of hydrogen-bond acceptors (Lipinski definition) is 5. The summed E-state index contributed by atoms with van der Waals surface area (Å²) >= 11 is 0. The molecule has 3 atom stereocenters. The van der Waals surface area contributed by atoms with Crippen molar-refractivity contribution < 1.29 is 13.2 Å². The van der Waals surface area contributed by atoms with Crippen LogP contribution < -0.4 is 5.73 Å². The maximum atomic E-state index is 12.5. The standard InChI is InChI=1S/C14H21N3O3S/c1-8-10-5-9(6-15)17(12(8)10)13(18)11(16)7-21(19,20)14(2,3)4/h9-11H,5,7,16H2,1-4H3/t9-,10+,11-/m0/s1. The van der Waals surface area contributed by atoms with Gasteiger partial charge in [-0.3, -0.25) is 9.69 Å². The smallest absolute Gasteiger partial charge is 0.245 e. The molecule has 0 aromatic heterocycles. The number of nitriles is 1.